The van der Waals surface area contributed by atoms with Crippen molar-refractivity contribution in [3.05, 3.63) is 56.2 Å². The highest BCUT2D eigenvalue weighted by molar-refractivity contribution is 7.80. The van der Waals surface area contributed by atoms with E-state index in [0.717, 1.165) is 13.0 Å². The molecule has 0 fully saturated rings. The molecule has 0 aliphatic carbocycles. The molecule has 0 N–H and O–H groups in total. The van der Waals surface area contributed by atoms with Crippen molar-refractivity contribution in [3.8, 4) is 5.69 Å². The fraction of sp³-hybridized carbons (Fsp3) is 0.267. The molecule has 0 spiro atoms. The fourth-order valence-electron chi connectivity index (χ4n) is 2.10. The highest BCUT2D eigenvalue weighted by Gasteiger charge is 2.34. The first-order chi connectivity index (χ1) is 11.6. The minimum absolute atomic E-state index is 0.0392. The van der Waals surface area contributed by atoms with Crippen LogP contribution in [-0.4, -0.2) is 21.9 Å². The molecule has 2 rings (SSSR count). The standard InChI is InChI=1S/C15H11ClF4N2O2S/c1-7-9(15(18,19)20)6-21-22(14(7)23)12-3-8(4-13(25)24-2)10(16)5-11(12)17/h3,5-6H,4H2,1-2H3. The molecule has 2 aromatic rings. The van der Waals surface area contributed by atoms with Gasteiger partial charge in [0.2, 0.25) is 0 Å². The van der Waals surface area contributed by atoms with E-state index in [-0.39, 0.29) is 22.2 Å². The highest BCUT2D eigenvalue weighted by atomic mass is 35.5. The number of methoxy groups -OCH3 is 1. The Bertz CT molecular complexity index is 896. The van der Waals surface area contributed by atoms with Gasteiger partial charge in [0.05, 0.1) is 18.9 Å². The van der Waals surface area contributed by atoms with Crippen molar-refractivity contribution in [3.63, 3.8) is 0 Å². The maximum Gasteiger partial charge on any atom is 0.418 e. The van der Waals surface area contributed by atoms with E-state index in [1.807, 2.05) is 0 Å². The molecule has 0 unspecified atom stereocenters. The summed E-state index contributed by atoms with van der Waals surface area (Å²) in [4.78, 5) is 12.2. The second-order valence-electron chi connectivity index (χ2n) is 5.05. The van der Waals surface area contributed by atoms with Gasteiger partial charge in [-0.3, -0.25) is 4.79 Å². The van der Waals surface area contributed by atoms with Gasteiger partial charge < -0.3 is 4.74 Å². The van der Waals surface area contributed by atoms with Gasteiger partial charge in [-0.05, 0) is 36.8 Å². The zero-order valence-corrected chi connectivity index (χ0v) is 14.5. The first-order valence-electron chi connectivity index (χ1n) is 6.77. The molecule has 0 radical (unpaired) electrons. The number of thiocarbonyl (C=S) groups is 1. The van der Waals surface area contributed by atoms with Crippen LogP contribution in [0.25, 0.3) is 5.69 Å². The molecule has 134 valence electrons. The van der Waals surface area contributed by atoms with Crippen LogP contribution >= 0.6 is 23.8 Å². The second kappa shape index (κ2) is 7.09. The van der Waals surface area contributed by atoms with Crippen LogP contribution in [0.1, 0.15) is 16.7 Å². The van der Waals surface area contributed by atoms with Crippen LogP contribution in [0.3, 0.4) is 0 Å². The summed E-state index contributed by atoms with van der Waals surface area (Å²) in [7, 11) is 1.35. The van der Waals surface area contributed by atoms with Gasteiger partial charge in [0.15, 0.2) is 10.9 Å². The van der Waals surface area contributed by atoms with Crippen molar-refractivity contribution >= 4 is 28.9 Å². The van der Waals surface area contributed by atoms with Gasteiger partial charge in [-0.1, -0.05) is 11.6 Å². The van der Waals surface area contributed by atoms with Crippen molar-refractivity contribution in [1.82, 2.24) is 9.78 Å². The summed E-state index contributed by atoms with van der Waals surface area (Å²) in [6, 6.07) is 2.13. The van der Waals surface area contributed by atoms with Gasteiger partial charge in [-0.15, -0.1) is 0 Å². The normalized spacial score (nSPS) is 11.5. The Morgan fingerprint density at radius 3 is 2.60 bits per heavy atom. The van der Waals surface area contributed by atoms with Crippen LogP contribution in [0.2, 0.25) is 5.02 Å². The number of halogens is 5. The minimum Gasteiger partial charge on any atom is -0.490 e. The lowest BCUT2D eigenvalue weighted by Crippen LogP contribution is -2.28. The average molecular weight is 395 g/mol. The third-order valence-electron chi connectivity index (χ3n) is 3.43. The van der Waals surface area contributed by atoms with E-state index >= 15 is 0 Å². The zero-order valence-electron chi connectivity index (χ0n) is 12.9. The van der Waals surface area contributed by atoms with Crippen LogP contribution in [0.15, 0.2) is 23.1 Å². The van der Waals surface area contributed by atoms with Gasteiger partial charge in [0.25, 0.3) is 5.56 Å². The lowest BCUT2D eigenvalue weighted by atomic mass is 10.1. The van der Waals surface area contributed by atoms with E-state index in [0.29, 0.717) is 16.4 Å². The van der Waals surface area contributed by atoms with Gasteiger partial charge in [0.1, 0.15) is 5.69 Å². The third kappa shape index (κ3) is 3.98. The molecule has 25 heavy (non-hydrogen) atoms. The van der Waals surface area contributed by atoms with E-state index in [2.05, 4.69) is 5.10 Å². The molecule has 1 aromatic carbocycles. The Morgan fingerprint density at radius 2 is 2.04 bits per heavy atom. The number of nitrogens with zero attached hydrogens (tertiary/aromatic N) is 2. The average Bonchev–Trinajstić information content (AvgIpc) is 2.51. The molecule has 1 aromatic heterocycles. The number of rotatable bonds is 3. The molecule has 1 heterocycles. The number of ether oxygens (including phenoxy) is 1. The molecule has 0 saturated heterocycles. The summed E-state index contributed by atoms with van der Waals surface area (Å²) in [5.41, 5.74) is -2.85. The van der Waals surface area contributed by atoms with Crippen molar-refractivity contribution < 1.29 is 22.3 Å². The lowest BCUT2D eigenvalue weighted by Gasteiger charge is -2.14. The highest BCUT2D eigenvalue weighted by Crippen LogP contribution is 2.30. The minimum atomic E-state index is -4.73. The predicted molar refractivity (Wildman–Crippen MR) is 87.9 cm³/mol. The lowest BCUT2D eigenvalue weighted by molar-refractivity contribution is -0.138. The largest absolute Gasteiger partial charge is 0.490 e. The topological polar surface area (TPSA) is 44.1 Å². The molecule has 0 atom stereocenters. The SMILES string of the molecule is COC(=S)Cc1cc(-n2ncc(C(F)(F)F)c(C)c2=O)c(F)cc1Cl. The molecular formula is C15H11ClF4N2O2S. The molecule has 4 nitrogen and oxygen atoms in total. The first-order valence-corrected chi connectivity index (χ1v) is 7.56. The van der Waals surface area contributed by atoms with E-state index in [4.69, 9.17) is 28.6 Å². The van der Waals surface area contributed by atoms with Crippen LogP contribution in [-0.2, 0) is 17.3 Å². The van der Waals surface area contributed by atoms with Gasteiger partial charge in [-0.2, -0.15) is 23.0 Å². The van der Waals surface area contributed by atoms with E-state index in [1.165, 1.54) is 13.2 Å². The number of hydrogen-bond acceptors (Lipinski definition) is 4. The van der Waals surface area contributed by atoms with Crippen LogP contribution in [0.5, 0.6) is 0 Å². The third-order valence-corrected chi connectivity index (χ3v) is 4.09. The fourth-order valence-corrected chi connectivity index (χ4v) is 2.48. The Labute approximate surface area is 150 Å². The Hall–Kier alpha value is -2.00. The monoisotopic (exact) mass is 394 g/mol. The van der Waals surface area contributed by atoms with Crippen molar-refractivity contribution in [2.45, 2.75) is 19.5 Å². The van der Waals surface area contributed by atoms with Crippen LogP contribution in [0.4, 0.5) is 17.6 Å². The Kier molecular flexibility index (Phi) is 5.48. The predicted octanol–water partition coefficient (Wildman–Crippen LogP) is 3.87. The maximum atomic E-state index is 14.2. The van der Waals surface area contributed by atoms with E-state index < -0.39 is 28.7 Å². The molecule has 0 bridgehead atoms. The van der Waals surface area contributed by atoms with Gasteiger partial charge >= 0.3 is 6.18 Å². The van der Waals surface area contributed by atoms with Crippen LogP contribution in [0, 0.1) is 12.7 Å². The van der Waals surface area contributed by atoms with Gasteiger partial charge in [-0.25, -0.2) is 4.39 Å². The molecule has 0 amide bonds. The molecular weight excluding hydrogens is 384 g/mol. The number of aromatic nitrogens is 2. The van der Waals surface area contributed by atoms with Crippen molar-refractivity contribution in [2.75, 3.05) is 7.11 Å². The summed E-state index contributed by atoms with van der Waals surface area (Å²) in [6.45, 7) is 0.998. The second-order valence-corrected chi connectivity index (χ2v) is 5.91. The van der Waals surface area contributed by atoms with E-state index in [9.17, 15) is 22.4 Å². The number of alkyl halides is 3. The quantitative estimate of drug-likeness (QED) is 0.585. The zero-order chi connectivity index (χ0) is 18.9. The van der Waals surface area contributed by atoms with Crippen LogP contribution < -0.4 is 5.56 Å². The molecule has 0 aliphatic heterocycles. The summed E-state index contributed by atoms with van der Waals surface area (Å²) in [5, 5.41) is 3.65. The summed E-state index contributed by atoms with van der Waals surface area (Å²) in [6.07, 6.45) is -4.19. The molecule has 0 saturated carbocycles. The smallest absolute Gasteiger partial charge is 0.418 e. The molecule has 0 aliphatic rings. The Balaban J connectivity index is 2.63. The van der Waals surface area contributed by atoms with Crippen molar-refractivity contribution in [1.29, 1.82) is 0 Å². The summed E-state index contributed by atoms with van der Waals surface area (Å²) < 4.78 is 58.1. The van der Waals surface area contributed by atoms with Crippen molar-refractivity contribution in [2.24, 2.45) is 0 Å². The van der Waals surface area contributed by atoms with Gasteiger partial charge in [0, 0.05) is 17.0 Å². The van der Waals surface area contributed by atoms with E-state index in [1.54, 1.807) is 0 Å². The maximum absolute atomic E-state index is 14.2. The summed E-state index contributed by atoms with van der Waals surface area (Å²) >= 11 is 10.8. The molecule has 10 heteroatoms. The Morgan fingerprint density at radius 1 is 1.40 bits per heavy atom. The number of benzene rings is 1. The first kappa shape index (κ1) is 19.3. The summed E-state index contributed by atoms with van der Waals surface area (Å²) in [5.74, 6) is -0.911. The number of hydrogen-bond donors (Lipinski definition) is 0.